The SMILES string of the molecule is O=[N+]([O-])c1ccc(OC/C=C2\Oc3c(Br)cc(Br)cc3C2N2CCOCC2)cc1. The number of non-ortho nitro benzene ring substituents is 1. The molecule has 0 radical (unpaired) electrons. The topological polar surface area (TPSA) is 74.1 Å². The van der Waals surface area contributed by atoms with Crippen LogP contribution in [0, 0.1) is 10.1 Å². The standard InChI is InChI=1S/C20H18Br2N2O5/c21-13-11-16-19(23-6-9-27-10-7-23)18(29-20(16)17(22)12-13)5-8-28-15-3-1-14(2-4-15)24(25)26/h1-5,11-12,19H,6-10H2/b18-5-. The first kappa shape index (κ1) is 20.3. The molecule has 4 rings (SSSR count). The van der Waals surface area contributed by atoms with Gasteiger partial charge in [-0.15, -0.1) is 0 Å². The van der Waals surface area contributed by atoms with Gasteiger partial charge >= 0.3 is 0 Å². The van der Waals surface area contributed by atoms with Crippen molar-refractivity contribution in [2.75, 3.05) is 32.9 Å². The summed E-state index contributed by atoms with van der Waals surface area (Å²) >= 11 is 7.15. The first-order chi connectivity index (χ1) is 14.0. The molecule has 2 aromatic carbocycles. The molecule has 9 heteroatoms. The molecule has 2 aliphatic heterocycles. The van der Waals surface area contributed by atoms with Crippen LogP contribution >= 0.6 is 31.9 Å². The fraction of sp³-hybridized carbons (Fsp3) is 0.300. The lowest BCUT2D eigenvalue weighted by atomic mass is 10.0. The summed E-state index contributed by atoms with van der Waals surface area (Å²) in [4.78, 5) is 12.7. The van der Waals surface area contributed by atoms with Crippen molar-refractivity contribution in [1.29, 1.82) is 0 Å². The molecule has 0 aliphatic carbocycles. The molecule has 0 saturated carbocycles. The Morgan fingerprint density at radius 2 is 1.93 bits per heavy atom. The van der Waals surface area contributed by atoms with Crippen LogP contribution < -0.4 is 9.47 Å². The number of nitro benzene ring substituents is 1. The summed E-state index contributed by atoms with van der Waals surface area (Å²) in [6, 6.07) is 10.1. The van der Waals surface area contributed by atoms with Crippen LogP contribution in [0.2, 0.25) is 0 Å². The molecule has 1 saturated heterocycles. The van der Waals surface area contributed by atoms with E-state index in [2.05, 4.69) is 42.8 Å². The van der Waals surface area contributed by atoms with Crippen LogP contribution in [0.3, 0.4) is 0 Å². The van der Waals surface area contributed by atoms with E-state index in [0.29, 0.717) is 25.6 Å². The summed E-state index contributed by atoms with van der Waals surface area (Å²) in [5.41, 5.74) is 1.13. The van der Waals surface area contributed by atoms with Crippen LogP contribution in [-0.2, 0) is 4.74 Å². The molecule has 0 aromatic heterocycles. The van der Waals surface area contributed by atoms with E-state index in [9.17, 15) is 10.1 Å². The fourth-order valence-corrected chi connectivity index (χ4v) is 4.81. The van der Waals surface area contributed by atoms with Crippen LogP contribution in [0.4, 0.5) is 5.69 Å². The Kier molecular flexibility index (Phi) is 6.19. The largest absolute Gasteiger partial charge is 0.489 e. The third-order valence-electron chi connectivity index (χ3n) is 4.81. The predicted molar refractivity (Wildman–Crippen MR) is 114 cm³/mol. The Morgan fingerprint density at radius 1 is 1.21 bits per heavy atom. The van der Waals surface area contributed by atoms with Crippen molar-refractivity contribution in [3.8, 4) is 11.5 Å². The van der Waals surface area contributed by atoms with Gasteiger partial charge in [0.15, 0.2) is 0 Å². The van der Waals surface area contributed by atoms with Gasteiger partial charge in [-0.3, -0.25) is 15.0 Å². The van der Waals surface area contributed by atoms with Gasteiger partial charge in [-0.1, -0.05) is 15.9 Å². The lowest BCUT2D eigenvalue weighted by molar-refractivity contribution is -0.384. The summed E-state index contributed by atoms with van der Waals surface area (Å²) in [7, 11) is 0. The molecule has 29 heavy (non-hydrogen) atoms. The Balaban J connectivity index is 1.54. The van der Waals surface area contributed by atoms with E-state index < -0.39 is 4.92 Å². The van der Waals surface area contributed by atoms with Crippen LogP contribution in [0.1, 0.15) is 11.6 Å². The van der Waals surface area contributed by atoms with E-state index in [-0.39, 0.29) is 11.7 Å². The average Bonchev–Trinajstić information content (AvgIpc) is 3.07. The molecule has 1 unspecified atom stereocenters. The maximum Gasteiger partial charge on any atom is 0.269 e. The number of halogens is 2. The fourth-order valence-electron chi connectivity index (χ4n) is 3.47. The van der Waals surface area contributed by atoms with E-state index >= 15 is 0 Å². The molecular formula is C20H18Br2N2O5. The number of morpholine rings is 1. The molecule has 7 nitrogen and oxygen atoms in total. The number of benzene rings is 2. The van der Waals surface area contributed by atoms with Crippen LogP contribution in [0.25, 0.3) is 0 Å². The highest BCUT2D eigenvalue weighted by molar-refractivity contribution is 9.11. The van der Waals surface area contributed by atoms with Crippen molar-refractivity contribution in [2.24, 2.45) is 0 Å². The summed E-state index contributed by atoms with van der Waals surface area (Å²) in [6.45, 7) is 3.30. The number of hydrogen-bond donors (Lipinski definition) is 0. The predicted octanol–water partition coefficient (Wildman–Crippen LogP) is 4.85. The van der Waals surface area contributed by atoms with Crippen molar-refractivity contribution in [1.82, 2.24) is 4.90 Å². The Morgan fingerprint density at radius 3 is 2.62 bits per heavy atom. The summed E-state index contributed by atoms with van der Waals surface area (Å²) in [5, 5.41) is 10.8. The minimum Gasteiger partial charge on any atom is -0.489 e. The van der Waals surface area contributed by atoms with E-state index in [1.165, 1.54) is 12.1 Å². The molecule has 0 bridgehead atoms. The van der Waals surface area contributed by atoms with Crippen LogP contribution in [-0.4, -0.2) is 42.7 Å². The molecule has 152 valence electrons. The highest BCUT2D eigenvalue weighted by atomic mass is 79.9. The number of rotatable bonds is 5. The normalized spacial score (nSPS) is 20.3. The zero-order valence-electron chi connectivity index (χ0n) is 15.3. The lowest BCUT2D eigenvalue weighted by Crippen LogP contribution is -2.39. The molecule has 0 N–H and O–H groups in total. The van der Waals surface area contributed by atoms with Gasteiger partial charge in [0.05, 0.1) is 28.7 Å². The van der Waals surface area contributed by atoms with Crippen molar-refractivity contribution in [2.45, 2.75) is 6.04 Å². The molecule has 1 fully saturated rings. The van der Waals surface area contributed by atoms with E-state index in [1.54, 1.807) is 12.1 Å². The second kappa shape index (κ2) is 8.83. The van der Waals surface area contributed by atoms with E-state index in [0.717, 1.165) is 39.1 Å². The molecule has 0 spiro atoms. The van der Waals surface area contributed by atoms with Crippen molar-refractivity contribution >= 4 is 37.5 Å². The summed E-state index contributed by atoms with van der Waals surface area (Å²) in [6.07, 6.45) is 1.92. The smallest absolute Gasteiger partial charge is 0.269 e. The summed E-state index contributed by atoms with van der Waals surface area (Å²) in [5.74, 6) is 2.18. The van der Waals surface area contributed by atoms with Gasteiger partial charge in [0, 0.05) is 35.3 Å². The average molecular weight is 526 g/mol. The second-order valence-electron chi connectivity index (χ2n) is 6.63. The lowest BCUT2D eigenvalue weighted by Gasteiger charge is -2.32. The van der Waals surface area contributed by atoms with Gasteiger partial charge in [-0.2, -0.15) is 0 Å². The van der Waals surface area contributed by atoms with E-state index in [4.69, 9.17) is 14.2 Å². The first-order valence-corrected chi connectivity index (χ1v) is 10.7. The molecule has 2 aliphatic rings. The van der Waals surface area contributed by atoms with Crippen LogP contribution in [0.5, 0.6) is 11.5 Å². The minimum absolute atomic E-state index is 0.0110. The Bertz CT molecular complexity index is 943. The molecule has 0 amide bonds. The molecular weight excluding hydrogens is 508 g/mol. The summed E-state index contributed by atoms with van der Waals surface area (Å²) < 4.78 is 19.3. The van der Waals surface area contributed by atoms with E-state index in [1.807, 2.05) is 12.1 Å². The first-order valence-electron chi connectivity index (χ1n) is 9.09. The monoisotopic (exact) mass is 524 g/mol. The van der Waals surface area contributed by atoms with Gasteiger partial charge in [0.2, 0.25) is 0 Å². The number of hydrogen-bond acceptors (Lipinski definition) is 6. The zero-order chi connectivity index (χ0) is 20.4. The van der Waals surface area contributed by atoms with Gasteiger partial charge in [0.1, 0.15) is 23.9 Å². The highest BCUT2D eigenvalue weighted by Gasteiger charge is 2.36. The van der Waals surface area contributed by atoms with Gasteiger partial charge in [-0.05, 0) is 46.3 Å². The zero-order valence-corrected chi connectivity index (χ0v) is 18.5. The maximum absolute atomic E-state index is 10.8. The van der Waals surface area contributed by atoms with Crippen molar-refractivity contribution in [3.63, 3.8) is 0 Å². The number of ether oxygens (including phenoxy) is 3. The molecule has 2 heterocycles. The Hall–Kier alpha value is -1.94. The number of fused-ring (bicyclic) bond motifs is 1. The van der Waals surface area contributed by atoms with Crippen LogP contribution in [0.15, 0.2) is 57.2 Å². The third kappa shape index (κ3) is 4.48. The number of nitrogens with zero attached hydrogens (tertiary/aromatic N) is 2. The molecule has 2 aromatic rings. The van der Waals surface area contributed by atoms with Gasteiger partial charge in [0.25, 0.3) is 5.69 Å². The molecule has 1 atom stereocenters. The van der Waals surface area contributed by atoms with Crippen molar-refractivity contribution in [3.05, 3.63) is 72.9 Å². The van der Waals surface area contributed by atoms with Gasteiger partial charge in [-0.25, -0.2) is 0 Å². The minimum atomic E-state index is -0.432. The second-order valence-corrected chi connectivity index (χ2v) is 8.40. The Labute approximate surface area is 184 Å². The van der Waals surface area contributed by atoms with Crippen molar-refractivity contribution < 1.29 is 19.1 Å². The maximum atomic E-state index is 10.8. The third-order valence-corrected chi connectivity index (χ3v) is 5.86. The van der Waals surface area contributed by atoms with Gasteiger partial charge < -0.3 is 14.2 Å². The quantitative estimate of drug-likeness (QED) is 0.410. The highest BCUT2D eigenvalue weighted by Crippen LogP contribution is 2.48. The number of nitro groups is 1.